The van der Waals surface area contributed by atoms with Crippen molar-refractivity contribution in [1.82, 2.24) is 0 Å². The fourth-order valence-electron chi connectivity index (χ4n) is 2.37. The average Bonchev–Trinajstić information content (AvgIpc) is 2.55. The molecule has 0 amide bonds. The van der Waals surface area contributed by atoms with Gasteiger partial charge < -0.3 is 0 Å². The number of hydrogen-bond acceptors (Lipinski definition) is 2. The Morgan fingerprint density at radius 2 is 1.74 bits per heavy atom. The Labute approximate surface area is 147 Å². The van der Waals surface area contributed by atoms with Crippen LogP contribution in [0.1, 0.15) is 44.2 Å². The molecule has 0 aromatic heterocycles. The van der Waals surface area contributed by atoms with E-state index in [9.17, 15) is 8.42 Å². The van der Waals surface area contributed by atoms with E-state index in [4.69, 9.17) is 0 Å². The summed E-state index contributed by atoms with van der Waals surface area (Å²) in [5.41, 5.74) is 2.74. The van der Waals surface area contributed by atoms with Gasteiger partial charge in [-0.25, -0.2) is 8.42 Å². The molecule has 0 saturated carbocycles. The van der Waals surface area contributed by atoms with Crippen LogP contribution in [-0.2, 0) is 16.4 Å². The summed E-state index contributed by atoms with van der Waals surface area (Å²) in [5.74, 6) is 0.429. The molecule has 0 fully saturated rings. The maximum absolute atomic E-state index is 12.6. The predicted molar refractivity (Wildman–Crippen MR) is 99.5 cm³/mol. The number of anilines is 1. The van der Waals surface area contributed by atoms with Crippen LogP contribution < -0.4 is 4.72 Å². The summed E-state index contributed by atoms with van der Waals surface area (Å²) in [6, 6.07) is 12.7. The van der Waals surface area contributed by atoms with Crippen molar-refractivity contribution in [3.05, 3.63) is 58.1 Å². The first-order chi connectivity index (χ1) is 10.9. The largest absolute Gasteiger partial charge is 0.279 e. The van der Waals surface area contributed by atoms with Crippen molar-refractivity contribution < 1.29 is 8.42 Å². The zero-order valence-corrected chi connectivity index (χ0v) is 16.0. The van der Waals surface area contributed by atoms with Crippen LogP contribution in [-0.4, -0.2) is 8.42 Å². The highest BCUT2D eigenvalue weighted by atomic mass is 79.9. The molecule has 0 bridgehead atoms. The molecule has 23 heavy (non-hydrogen) atoms. The van der Waals surface area contributed by atoms with E-state index >= 15 is 0 Å². The Hall–Kier alpha value is -1.33. The maximum Gasteiger partial charge on any atom is 0.261 e. The zero-order valence-electron chi connectivity index (χ0n) is 13.6. The second-order valence-electron chi connectivity index (χ2n) is 5.64. The van der Waals surface area contributed by atoms with E-state index in [1.165, 1.54) is 0 Å². The molecule has 2 rings (SSSR count). The number of halogens is 1. The van der Waals surface area contributed by atoms with E-state index in [0.29, 0.717) is 11.6 Å². The van der Waals surface area contributed by atoms with Gasteiger partial charge in [-0.15, -0.1) is 0 Å². The maximum atomic E-state index is 12.6. The highest BCUT2D eigenvalue weighted by molar-refractivity contribution is 9.10. The van der Waals surface area contributed by atoms with Crippen LogP contribution in [0.3, 0.4) is 0 Å². The first-order valence-corrected chi connectivity index (χ1v) is 10.1. The first-order valence-electron chi connectivity index (χ1n) is 7.78. The van der Waals surface area contributed by atoms with E-state index < -0.39 is 10.0 Å². The Balaban J connectivity index is 2.29. The molecule has 1 unspecified atom stereocenters. The van der Waals surface area contributed by atoms with Crippen LogP contribution in [0.25, 0.3) is 0 Å². The quantitative estimate of drug-likeness (QED) is 0.718. The summed E-state index contributed by atoms with van der Waals surface area (Å²) in [4.78, 5) is 0.287. The fraction of sp³-hybridized carbons (Fsp3) is 0.333. The molecule has 0 spiro atoms. The number of sulfonamides is 1. The topological polar surface area (TPSA) is 46.2 Å². The van der Waals surface area contributed by atoms with Crippen molar-refractivity contribution in [3.63, 3.8) is 0 Å². The van der Waals surface area contributed by atoms with Gasteiger partial charge in [0.25, 0.3) is 10.0 Å². The fourth-order valence-corrected chi connectivity index (χ4v) is 3.88. The van der Waals surface area contributed by atoms with Gasteiger partial charge in [-0.1, -0.05) is 48.8 Å². The smallest absolute Gasteiger partial charge is 0.261 e. The molecule has 2 aromatic rings. The summed E-state index contributed by atoms with van der Waals surface area (Å²) in [5, 5.41) is 0. The standard InChI is InChI=1S/C18H22BrNO2S/c1-4-13(3)15-6-9-17(10-7-15)23(21,22)20-18-11-8-16(19)12-14(18)5-2/h6-13,20H,4-5H2,1-3H3. The molecule has 5 heteroatoms. The molecule has 1 N–H and O–H groups in total. The molecule has 0 aliphatic rings. The van der Waals surface area contributed by atoms with Crippen molar-refractivity contribution in [2.24, 2.45) is 0 Å². The average molecular weight is 396 g/mol. The highest BCUT2D eigenvalue weighted by Crippen LogP contribution is 2.25. The third-order valence-corrected chi connectivity index (χ3v) is 5.94. The Morgan fingerprint density at radius 3 is 2.30 bits per heavy atom. The third-order valence-electron chi connectivity index (χ3n) is 4.06. The summed E-state index contributed by atoms with van der Waals surface area (Å²) in [6.45, 7) is 6.26. The molecule has 0 radical (unpaired) electrons. The molecule has 0 aliphatic carbocycles. The molecule has 124 valence electrons. The lowest BCUT2D eigenvalue weighted by Gasteiger charge is -2.13. The SMILES string of the molecule is CCc1cc(Br)ccc1NS(=O)(=O)c1ccc(C(C)CC)cc1. The van der Waals surface area contributed by atoms with Gasteiger partial charge in [0.2, 0.25) is 0 Å². The normalized spacial score (nSPS) is 12.9. The van der Waals surface area contributed by atoms with Gasteiger partial charge in [-0.3, -0.25) is 4.72 Å². The van der Waals surface area contributed by atoms with Gasteiger partial charge in [0.1, 0.15) is 0 Å². The van der Waals surface area contributed by atoms with E-state index in [2.05, 4.69) is 34.5 Å². The van der Waals surface area contributed by atoms with Crippen molar-refractivity contribution in [2.45, 2.75) is 44.4 Å². The lowest BCUT2D eigenvalue weighted by Crippen LogP contribution is -2.14. The summed E-state index contributed by atoms with van der Waals surface area (Å²) >= 11 is 3.41. The molecular weight excluding hydrogens is 374 g/mol. The molecule has 3 nitrogen and oxygen atoms in total. The summed E-state index contributed by atoms with van der Waals surface area (Å²) in [7, 11) is -3.57. The van der Waals surface area contributed by atoms with E-state index in [1.54, 1.807) is 18.2 Å². The third kappa shape index (κ3) is 4.36. The first kappa shape index (κ1) is 18.0. The van der Waals surface area contributed by atoms with Crippen LogP contribution in [0.4, 0.5) is 5.69 Å². The van der Waals surface area contributed by atoms with Crippen LogP contribution in [0.2, 0.25) is 0 Å². The predicted octanol–water partition coefficient (Wildman–Crippen LogP) is 5.33. The van der Waals surface area contributed by atoms with E-state index in [1.807, 2.05) is 31.2 Å². The van der Waals surface area contributed by atoms with Crippen molar-refractivity contribution >= 4 is 31.6 Å². The van der Waals surface area contributed by atoms with E-state index in [-0.39, 0.29) is 4.90 Å². The minimum absolute atomic E-state index is 0.287. The van der Waals surface area contributed by atoms with Gasteiger partial charge in [0.05, 0.1) is 10.6 Å². The van der Waals surface area contributed by atoms with Crippen molar-refractivity contribution in [3.8, 4) is 0 Å². The minimum Gasteiger partial charge on any atom is -0.279 e. The van der Waals surface area contributed by atoms with Crippen molar-refractivity contribution in [2.75, 3.05) is 4.72 Å². The lowest BCUT2D eigenvalue weighted by atomic mass is 9.99. The number of aryl methyl sites for hydroxylation is 1. The molecule has 0 saturated heterocycles. The van der Waals surface area contributed by atoms with Crippen LogP contribution in [0.15, 0.2) is 51.8 Å². The molecule has 0 heterocycles. The summed E-state index contributed by atoms with van der Waals surface area (Å²) in [6.07, 6.45) is 1.79. The minimum atomic E-state index is -3.57. The Morgan fingerprint density at radius 1 is 1.09 bits per heavy atom. The number of rotatable bonds is 6. The second-order valence-corrected chi connectivity index (χ2v) is 8.24. The van der Waals surface area contributed by atoms with Gasteiger partial charge in [-0.2, -0.15) is 0 Å². The van der Waals surface area contributed by atoms with Crippen LogP contribution in [0, 0.1) is 0 Å². The molecular formula is C18H22BrNO2S. The Kier molecular flexibility index (Phi) is 5.87. The van der Waals surface area contributed by atoms with Gasteiger partial charge in [0.15, 0.2) is 0 Å². The summed E-state index contributed by atoms with van der Waals surface area (Å²) < 4.78 is 28.8. The second kappa shape index (κ2) is 7.49. The van der Waals surface area contributed by atoms with Gasteiger partial charge in [0, 0.05) is 4.47 Å². The van der Waals surface area contributed by atoms with E-state index in [0.717, 1.165) is 28.4 Å². The molecule has 0 aliphatic heterocycles. The number of benzene rings is 2. The van der Waals surface area contributed by atoms with Gasteiger partial charge in [-0.05, 0) is 60.2 Å². The lowest BCUT2D eigenvalue weighted by molar-refractivity contribution is 0.601. The van der Waals surface area contributed by atoms with Crippen LogP contribution in [0.5, 0.6) is 0 Å². The van der Waals surface area contributed by atoms with Gasteiger partial charge >= 0.3 is 0 Å². The number of nitrogens with one attached hydrogen (secondary N) is 1. The monoisotopic (exact) mass is 395 g/mol. The number of hydrogen-bond donors (Lipinski definition) is 1. The molecule has 1 atom stereocenters. The molecule has 2 aromatic carbocycles. The van der Waals surface area contributed by atoms with Crippen molar-refractivity contribution in [1.29, 1.82) is 0 Å². The van der Waals surface area contributed by atoms with Crippen LogP contribution >= 0.6 is 15.9 Å². The Bertz CT molecular complexity index is 770. The zero-order chi connectivity index (χ0) is 17.0. The highest BCUT2D eigenvalue weighted by Gasteiger charge is 2.16.